The molecule has 3 aliphatic rings. The molecule has 0 saturated carbocycles. The number of aromatic nitrogens is 1. The molecule has 4 rings (SSSR count). The first-order chi connectivity index (χ1) is 16.4. The summed E-state index contributed by atoms with van der Waals surface area (Å²) < 4.78 is 17.9. The van der Waals surface area contributed by atoms with E-state index in [9.17, 15) is 9.59 Å². The molecule has 1 atom stereocenters. The van der Waals surface area contributed by atoms with Crippen LogP contribution in [0.2, 0.25) is 0 Å². The number of hydrogen-bond donors (Lipinski definition) is 1. The topological polar surface area (TPSA) is 62.9 Å². The summed E-state index contributed by atoms with van der Waals surface area (Å²) in [7, 11) is 4.14. The second-order valence-electron chi connectivity index (χ2n) is 8.40. The Morgan fingerprint density at radius 2 is 1.76 bits per heavy atom. The average molecular weight is 496 g/mol. The van der Waals surface area contributed by atoms with Crippen molar-refractivity contribution in [3.63, 3.8) is 0 Å². The predicted octanol–water partition coefficient (Wildman–Crippen LogP) is 4.17. The standard InChI is InChI=1S/C21H30FN5O2S.2C2H6/c1-4-27-16-13-17(26-11-9-25(10-12-26)8-7-24(2)3)15(22)6-5-14(16)19(28)18-20(29)23-30-21(18)27;2*1-2/h13-14H,4-12H2,1-3H3,(H,23,29);2*1-2H3. The van der Waals surface area contributed by atoms with E-state index >= 15 is 4.39 Å². The van der Waals surface area contributed by atoms with Gasteiger partial charge in [0.05, 0.1) is 11.6 Å². The quantitative estimate of drug-likeness (QED) is 0.662. The number of likely N-dealkylation sites (N-methyl/N-ethyl adjacent to an activating group) is 1. The highest BCUT2D eigenvalue weighted by atomic mass is 32.1. The molecule has 1 aliphatic carbocycles. The molecule has 1 unspecified atom stereocenters. The summed E-state index contributed by atoms with van der Waals surface area (Å²) in [5, 5.41) is 0.658. The number of ketones is 1. The Labute approximate surface area is 208 Å². The van der Waals surface area contributed by atoms with Crippen molar-refractivity contribution in [3.05, 3.63) is 39.2 Å². The van der Waals surface area contributed by atoms with Crippen LogP contribution in [0.1, 0.15) is 57.8 Å². The van der Waals surface area contributed by atoms with Gasteiger partial charge in [-0.3, -0.25) is 18.9 Å². The molecule has 0 aromatic carbocycles. The monoisotopic (exact) mass is 495 g/mol. The zero-order valence-corrected chi connectivity index (χ0v) is 22.7. The molecule has 192 valence electrons. The number of nitrogens with one attached hydrogen (secondary N) is 1. The maximum absolute atomic E-state index is 15.2. The van der Waals surface area contributed by atoms with Crippen molar-refractivity contribution in [1.82, 2.24) is 19.1 Å². The van der Waals surface area contributed by atoms with Crippen LogP contribution in [0.4, 0.5) is 9.39 Å². The molecule has 0 radical (unpaired) electrons. The fourth-order valence-electron chi connectivity index (χ4n) is 4.53. The van der Waals surface area contributed by atoms with Crippen molar-refractivity contribution in [3.8, 4) is 0 Å². The molecule has 3 heterocycles. The molecule has 1 aromatic heterocycles. The lowest BCUT2D eigenvalue weighted by Gasteiger charge is -2.38. The number of piperazine rings is 1. The van der Waals surface area contributed by atoms with E-state index in [1.54, 1.807) is 0 Å². The molecule has 1 saturated heterocycles. The summed E-state index contributed by atoms with van der Waals surface area (Å²) in [6.07, 6.45) is 2.49. The Kier molecular flexibility index (Phi) is 11.0. The van der Waals surface area contributed by atoms with Gasteiger partial charge in [0.25, 0.3) is 5.56 Å². The lowest BCUT2D eigenvalue weighted by molar-refractivity contribution is 0.0927. The Hall–Kier alpha value is -1.97. The van der Waals surface area contributed by atoms with E-state index in [1.165, 1.54) is 11.5 Å². The molecule has 34 heavy (non-hydrogen) atoms. The van der Waals surface area contributed by atoms with Crippen LogP contribution in [0.15, 0.2) is 28.1 Å². The molecule has 2 aliphatic heterocycles. The Morgan fingerprint density at radius 1 is 1.12 bits per heavy atom. The minimum atomic E-state index is -0.460. The fourth-order valence-corrected chi connectivity index (χ4v) is 5.46. The van der Waals surface area contributed by atoms with E-state index in [1.807, 2.05) is 45.6 Å². The Balaban J connectivity index is 0.000000970. The second kappa shape index (κ2) is 13.2. The van der Waals surface area contributed by atoms with E-state index in [-0.39, 0.29) is 29.2 Å². The number of nitrogens with zero attached hydrogens (tertiary/aromatic N) is 4. The van der Waals surface area contributed by atoms with Crippen LogP contribution in [0.25, 0.3) is 0 Å². The van der Waals surface area contributed by atoms with Crippen molar-refractivity contribution in [2.45, 2.75) is 47.5 Å². The molecular formula is C25H42FN5O2S. The number of anilines is 1. The van der Waals surface area contributed by atoms with Gasteiger partial charge in [-0.15, -0.1) is 0 Å². The van der Waals surface area contributed by atoms with Crippen molar-refractivity contribution >= 4 is 22.3 Å². The van der Waals surface area contributed by atoms with E-state index in [0.29, 0.717) is 23.7 Å². The Morgan fingerprint density at radius 3 is 2.35 bits per heavy atom. The van der Waals surface area contributed by atoms with Gasteiger partial charge in [0, 0.05) is 57.9 Å². The van der Waals surface area contributed by atoms with E-state index in [2.05, 4.69) is 33.2 Å². The van der Waals surface area contributed by atoms with Gasteiger partial charge < -0.3 is 14.7 Å². The fraction of sp³-hybridized carbons (Fsp3) is 0.680. The van der Waals surface area contributed by atoms with E-state index in [4.69, 9.17) is 0 Å². The summed E-state index contributed by atoms with van der Waals surface area (Å²) in [4.78, 5) is 34.0. The number of Topliss-reactive ketones (excluding diaryl/α,β-unsaturated/α-hetero) is 1. The number of hydrogen-bond acceptors (Lipinski definition) is 7. The van der Waals surface area contributed by atoms with Gasteiger partial charge in [-0.05, 0) is 45.0 Å². The van der Waals surface area contributed by atoms with Crippen LogP contribution < -0.4 is 10.5 Å². The van der Waals surface area contributed by atoms with Crippen LogP contribution in [0, 0.1) is 5.92 Å². The molecule has 1 N–H and O–H groups in total. The molecule has 9 heteroatoms. The van der Waals surface area contributed by atoms with Gasteiger partial charge in [-0.1, -0.05) is 27.7 Å². The molecule has 1 aromatic rings. The van der Waals surface area contributed by atoms with Crippen molar-refractivity contribution < 1.29 is 9.18 Å². The summed E-state index contributed by atoms with van der Waals surface area (Å²) >= 11 is 1.19. The zero-order valence-electron chi connectivity index (χ0n) is 21.9. The largest absolute Gasteiger partial charge is 0.367 e. The number of carbonyl (C=O) groups excluding carboxylic acids is 1. The third-order valence-electron chi connectivity index (χ3n) is 6.27. The molecule has 0 bridgehead atoms. The number of halogens is 1. The summed E-state index contributed by atoms with van der Waals surface area (Å²) in [6, 6.07) is 0. The maximum Gasteiger partial charge on any atom is 0.271 e. The minimum absolute atomic E-state index is 0.153. The summed E-state index contributed by atoms with van der Waals surface area (Å²) in [5.74, 6) is -0.788. The summed E-state index contributed by atoms with van der Waals surface area (Å²) in [5.41, 5.74) is 1.34. The number of carbonyl (C=O) groups is 1. The SMILES string of the molecule is CC.CC.CCN1C2=CC(N3CCN(CCN(C)C)CC3)=C(F)CCC2C(=O)c2c1s[nH]c2=O. The molecule has 7 nitrogen and oxygen atoms in total. The van der Waals surface area contributed by atoms with Crippen molar-refractivity contribution in [1.29, 1.82) is 0 Å². The highest BCUT2D eigenvalue weighted by Gasteiger charge is 2.40. The summed E-state index contributed by atoms with van der Waals surface area (Å²) in [6.45, 7) is 16.0. The third-order valence-corrected chi connectivity index (χ3v) is 7.17. The smallest absolute Gasteiger partial charge is 0.271 e. The zero-order chi connectivity index (χ0) is 25.4. The molecule has 1 fully saturated rings. The maximum atomic E-state index is 15.2. The lowest BCUT2D eigenvalue weighted by atomic mass is 9.88. The number of rotatable bonds is 5. The van der Waals surface area contributed by atoms with E-state index < -0.39 is 5.92 Å². The van der Waals surface area contributed by atoms with Gasteiger partial charge in [-0.25, -0.2) is 4.39 Å². The third kappa shape index (κ3) is 5.98. The average Bonchev–Trinajstić information content (AvgIpc) is 3.15. The Bertz CT molecular complexity index is 928. The minimum Gasteiger partial charge on any atom is -0.367 e. The molecular weight excluding hydrogens is 453 g/mol. The molecule has 0 amide bonds. The van der Waals surface area contributed by atoms with Crippen LogP contribution in [0.3, 0.4) is 0 Å². The molecule has 0 spiro atoms. The van der Waals surface area contributed by atoms with Crippen LogP contribution in [0.5, 0.6) is 0 Å². The highest BCUT2D eigenvalue weighted by molar-refractivity contribution is 7.10. The van der Waals surface area contributed by atoms with Gasteiger partial charge >= 0.3 is 0 Å². The first kappa shape index (κ1) is 28.3. The van der Waals surface area contributed by atoms with Crippen molar-refractivity contribution in [2.75, 3.05) is 64.8 Å². The van der Waals surface area contributed by atoms with Gasteiger partial charge in [0.2, 0.25) is 0 Å². The lowest BCUT2D eigenvalue weighted by Crippen LogP contribution is -2.47. The first-order valence-electron chi connectivity index (χ1n) is 12.7. The van der Waals surface area contributed by atoms with Gasteiger partial charge in [-0.2, -0.15) is 0 Å². The van der Waals surface area contributed by atoms with Crippen LogP contribution in [-0.4, -0.2) is 84.8 Å². The van der Waals surface area contributed by atoms with Crippen molar-refractivity contribution in [2.24, 2.45) is 5.92 Å². The highest BCUT2D eigenvalue weighted by Crippen LogP contribution is 2.42. The second-order valence-corrected chi connectivity index (χ2v) is 9.20. The van der Waals surface area contributed by atoms with E-state index in [0.717, 1.165) is 45.0 Å². The first-order valence-corrected chi connectivity index (χ1v) is 13.5. The normalized spacial score (nSPS) is 20.6. The number of aromatic amines is 1. The number of allylic oxidation sites excluding steroid dienone is 3. The predicted molar refractivity (Wildman–Crippen MR) is 140 cm³/mol. The number of fused-ring (bicyclic) bond motifs is 2. The van der Waals surface area contributed by atoms with Gasteiger partial charge in [0.1, 0.15) is 16.4 Å². The number of H-pyrrole nitrogens is 1. The van der Waals surface area contributed by atoms with Crippen LogP contribution in [-0.2, 0) is 0 Å². The van der Waals surface area contributed by atoms with Gasteiger partial charge in [0.15, 0.2) is 5.78 Å². The van der Waals surface area contributed by atoms with Crippen LogP contribution >= 0.6 is 11.5 Å².